The number of hydrazine groups is 1. The second kappa shape index (κ2) is 13.2. The summed E-state index contributed by atoms with van der Waals surface area (Å²) in [7, 11) is 0. The van der Waals surface area contributed by atoms with E-state index in [0.717, 1.165) is 0 Å². The van der Waals surface area contributed by atoms with E-state index in [4.69, 9.17) is 24.4 Å². The average Bonchev–Trinajstić information content (AvgIpc) is 2.77. The fourth-order valence-corrected chi connectivity index (χ4v) is 2.86. The number of nitrogens with one attached hydrogen (secondary N) is 1. The molecular formula is C16H30N2O14. The van der Waals surface area contributed by atoms with Crippen LogP contribution in [0.15, 0.2) is 0 Å². The van der Waals surface area contributed by atoms with Crippen molar-refractivity contribution in [3.8, 4) is 0 Å². The zero-order valence-electron chi connectivity index (χ0n) is 16.7. The van der Waals surface area contributed by atoms with Crippen LogP contribution in [-0.2, 0) is 23.8 Å². The maximum atomic E-state index is 10.2. The monoisotopic (exact) mass is 474 g/mol. The van der Waals surface area contributed by atoms with Crippen molar-refractivity contribution in [3.63, 3.8) is 0 Å². The van der Waals surface area contributed by atoms with Crippen LogP contribution in [0.5, 0.6) is 0 Å². The van der Waals surface area contributed by atoms with E-state index in [0.29, 0.717) is 0 Å². The van der Waals surface area contributed by atoms with E-state index < -0.39 is 86.5 Å². The van der Waals surface area contributed by atoms with Crippen LogP contribution in [0.1, 0.15) is 12.8 Å². The van der Waals surface area contributed by atoms with Crippen LogP contribution in [-0.4, -0.2) is 132 Å². The fourth-order valence-electron chi connectivity index (χ4n) is 2.86. The Bertz CT molecular complexity index is 593. The van der Waals surface area contributed by atoms with Crippen molar-refractivity contribution in [2.75, 3.05) is 13.2 Å². The number of aliphatic hydroxyl groups is 8. The third-order valence-electron chi connectivity index (χ3n) is 4.71. The molecular weight excluding hydrogens is 444 g/mol. The second-order valence-corrected chi connectivity index (χ2v) is 6.99. The molecule has 1 unspecified atom stereocenters. The number of rotatable bonds is 7. The number of hydrogen-bond donors (Lipinski definition) is 11. The Hall–Kier alpha value is -1.54. The Morgan fingerprint density at radius 3 is 1.91 bits per heavy atom. The summed E-state index contributed by atoms with van der Waals surface area (Å²) in [5.74, 6) is 3.20. The lowest BCUT2D eigenvalue weighted by atomic mass is 9.97. The van der Waals surface area contributed by atoms with Gasteiger partial charge in [0.15, 0.2) is 12.6 Å². The highest BCUT2D eigenvalue weighted by Gasteiger charge is 2.50. The first kappa shape index (κ1) is 28.5. The first-order valence-electron chi connectivity index (χ1n) is 9.46. The summed E-state index contributed by atoms with van der Waals surface area (Å²) in [6.07, 6.45) is -15.8. The quantitative estimate of drug-likeness (QED) is 0.0929. The van der Waals surface area contributed by atoms with Gasteiger partial charge in [0.1, 0.15) is 48.8 Å². The number of aliphatic hydroxyl groups excluding tert-OH is 8. The highest BCUT2D eigenvalue weighted by atomic mass is 16.7. The minimum atomic E-state index is -1.74. The summed E-state index contributed by atoms with van der Waals surface area (Å²) in [4.78, 5) is 20.0. The molecule has 0 aromatic rings. The molecule has 16 nitrogen and oxygen atoms in total. The van der Waals surface area contributed by atoms with Crippen LogP contribution >= 0.6 is 0 Å². The van der Waals surface area contributed by atoms with Gasteiger partial charge in [-0.2, -0.15) is 0 Å². The minimum absolute atomic E-state index is 0.0637. The molecule has 10 atom stereocenters. The summed E-state index contributed by atoms with van der Waals surface area (Å²) in [5, 5.41) is 84.5. The maximum Gasteiger partial charge on any atom is 0.303 e. The first-order chi connectivity index (χ1) is 15.0. The van der Waals surface area contributed by atoms with Crippen molar-refractivity contribution in [1.82, 2.24) is 5.43 Å². The number of amides is 1. The van der Waals surface area contributed by atoms with Gasteiger partial charge in [0.2, 0.25) is 5.91 Å². The van der Waals surface area contributed by atoms with E-state index in [2.05, 4.69) is 5.84 Å². The molecule has 0 saturated carbocycles. The van der Waals surface area contributed by atoms with Crippen molar-refractivity contribution < 1.29 is 69.8 Å². The highest BCUT2D eigenvalue weighted by Crippen LogP contribution is 2.28. The van der Waals surface area contributed by atoms with Crippen LogP contribution in [0.3, 0.4) is 0 Å². The van der Waals surface area contributed by atoms with Crippen LogP contribution in [0, 0.1) is 0 Å². The van der Waals surface area contributed by atoms with Gasteiger partial charge in [0.05, 0.1) is 19.6 Å². The predicted octanol–water partition coefficient (Wildman–Crippen LogP) is -6.56. The molecule has 0 radical (unpaired) electrons. The van der Waals surface area contributed by atoms with Gasteiger partial charge < -0.3 is 60.2 Å². The van der Waals surface area contributed by atoms with E-state index in [1.54, 1.807) is 0 Å². The minimum Gasteiger partial charge on any atom is -0.481 e. The SMILES string of the molecule is NNC(=O)CCC(=O)O.OC[C@H]1O[C@@H](O[C@H]2[C@H](O)[C@@H](O)C(O)O[C@@H]2CO)[C@H](O)[C@@H](O)[C@H]1O. The molecule has 0 aromatic heterocycles. The van der Waals surface area contributed by atoms with Crippen LogP contribution in [0.2, 0.25) is 0 Å². The molecule has 2 heterocycles. The number of aliphatic carboxylic acids is 1. The Balaban J connectivity index is 0.000000482. The van der Waals surface area contributed by atoms with Crippen molar-refractivity contribution in [2.45, 2.75) is 74.3 Å². The maximum absolute atomic E-state index is 10.2. The first-order valence-corrected chi connectivity index (χ1v) is 9.46. The lowest BCUT2D eigenvalue weighted by molar-refractivity contribution is -0.355. The van der Waals surface area contributed by atoms with Crippen molar-refractivity contribution in [1.29, 1.82) is 0 Å². The molecule has 2 aliphatic heterocycles. The van der Waals surface area contributed by atoms with E-state index in [9.17, 15) is 45.3 Å². The Morgan fingerprint density at radius 2 is 1.41 bits per heavy atom. The Labute approximate surface area is 181 Å². The molecule has 2 saturated heterocycles. The number of hydrogen-bond acceptors (Lipinski definition) is 14. The molecule has 0 bridgehead atoms. The van der Waals surface area contributed by atoms with E-state index >= 15 is 0 Å². The molecule has 32 heavy (non-hydrogen) atoms. The lowest BCUT2D eigenvalue weighted by Crippen LogP contribution is -2.64. The Kier molecular flexibility index (Phi) is 11.8. The van der Waals surface area contributed by atoms with Crippen LogP contribution < -0.4 is 11.3 Å². The lowest BCUT2D eigenvalue weighted by Gasteiger charge is -2.45. The number of carbonyl (C=O) groups is 2. The third-order valence-corrected chi connectivity index (χ3v) is 4.71. The average molecular weight is 474 g/mol. The van der Waals surface area contributed by atoms with Gasteiger partial charge in [-0.25, -0.2) is 5.84 Å². The third kappa shape index (κ3) is 7.51. The number of ether oxygens (including phenoxy) is 3. The van der Waals surface area contributed by atoms with Crippen LogP contribution in [0.25, 0.3) is 0 Å². The van der Waals surface area contributed by atoms with Gasteiger partial charge in [-0.05, 0) is 0 Å². The summed E-state index contributed by atoms with van der Waals surface area (Å²) in [6.45, 7) is -1.35. The molecule has 2 rings (SSSR count). The van der Waals surface area contributed by atoms with Crippen molar-refractivity contribution >= 4 is 11.9 Å². The largest absolute Gasteiger partial charge is 0.481 e. The van der Waals surface area contributed by atoms with E-state index in [-0.39, 0.29) is 12.8 Å². The van der Waals surface area contributed by atoms with Crippen molar-refractivity contribution in [2.24, 2.45) is 5.84 Å². The standard InChI is InChI=1S/C12H22O11.C4H8N2O3/c13-1-3-5(15)6(16)9(19)12(22-3)23-10-4(2-14)21-11(20)8(18)7(10)17;5-6-3(7)1-2-4(8)9/h3-20H,1-2H2;1-2,5H2,(H,6,7)(H,8,9)/t3-,4-,5+,6+,7-,8-,9-,10-,11?,12+;/m1./s1. The van der Waals surface area contributed by atoms with Gasteiger partial charge in [-0.3, -0.25) is 15.0 Å². The van der Waals surface area contributed by atoms with E-state index in [1.165, 1.54) is 0 Å². The fraction of sp³-hybridized carbons (Fsp3) is 0.875. The number of nitrogens with two attached hydrogens (primary N) is 1. The summed E-state index contributed by atoms with van der Waals surface area (Å²) < 4.78 is 15.3. The van der Waals surface area contributed by atoms with E-state index in [1.807, 2.05) is 5.43 Å². The number of carbonyl (C=O) groups excluding carboxylic acids is 1. The van der Waals surface area contributed by atoms with Gasteiger partial charge in [-0.1, -0.05) is 0 Å². The predicted molar refractivity (Wildman–Crippen MR) is 97.8 cm³/mol. The van der Waals surface area contributed by atoms with Gasteiger partial charge in [0.25, 0.3) is 0 Å². The highest BCUT2D eigenvalue weighted by molar-refractivity contribution is 5.79. The second-order valence-electron chi connectivity index (χ2n) is 6.99. The summed E-state index contributed by atoms with van der Waals surface area (Å²) >= 11 is 0. The van der Waals surface area contributed by atoms with Gasteiger partial charge >= 0.3 is 5.97 Å². The summed E-state index contributed by atoms with van der Waals surface area (Å²) in [6, 6.07) is 0. The molecule has 12 N–H and O–H groups in total. The van der Waals surface area contributed by atoms with Crippen molar-refractivity contribution in [3.05, 3.63) is 0 Å². The molecule has 1 amide bonds. The molecule has 0 spiro atoms. The smallest absolute Gasteiger partial charge is 0.303 e. The zero-order valence-corrected chi connectivity index (χ0v) is 16.7. The number of carboxylic acid groups (broad SMARTS) is 1. The number of carboxylic acids is 1. The molecule has 0 aliphatic carbocycles. The van der Waals surface area contributed by atoms with Gasteiger partial charge in [0, 0.05) is 6.42 Å². The van der Waals surface area contributed by atoms with Crippen LogP contribution in [0.4, 0.5) is 0 Å². The molecule has 2 aliphatic rings. The molecule has 0 aromatic carbocycles. The normalized spacial score (nSPS) is 39.5. The summed E-state index contributed by atoms with van der Waals surface area (Å²) in [5.41, 5.74) is 1.82. The molecule has 188 valence electrons. The zero-order chi connectivity index (χ0) is 24.6. The Morgan fingerprint density at radius 1 is 0.812 bits per heavy atom. The topological polar surface area (TPSA) is 282 Å². The van der Waals surface area contributed by atoms with Gasteiger partial charge in [-0.15, -0.1) is 0 Å². The molecule has 2 fully saturated rings. The molecule has 16 heteroatoms.